The molecule has 0 amide bonds. The number of Topliss-reactive ketones (excluding diaryl/α,β-unsaturated/α-hetero) is 1. The number of rotatable bonds is 5. The molecule has 0 aliphatic carbocycles. The molecular weight excluding hydrogens is 304 g/mol. The number of hydrogen-bond donors (Lipinski definition) is 0. The highest BCUT2D eigenvalue weighted by Gasteiger charge is 2.23. The topological polar surface area (TPSA) is 44.8 Å². The summed E-state index contributed by atoms with van der Waals surface area (Å²) in [6, 6.07) is 13.0. The average Bonchev–Trinajstić information content (AvgIpc) is 2.63. The Morgan fingerprint density at radius 2 is 1.88 bits per heavy atom. The van der Waals surface area contributed by atoms with Crippen LogP contribution in [0.15, 0.2) is 48.0 Å². The molecule has 24 heavy (non-hydrogen) atoms. The van der Waals surface area contributed by atoms with Crippen molar-refractivity contribution in [1.82, 2.24) is 0 Å². The molecule has 0 radical (unpaired) electrons. The van der Waals surface area contributed by atoms with E-state index in [4.69, 9.17) is 14.2 Å². The minimum Gasteiger partial charge on any atom is -0.497 e. The highest BCUT2D eigenvalue weighted by atomic mass is 16.5. The molecule has 0 saturated carbocycles. The van der Waals surface area contributed by atoms with Crippen molar-refractivity contribution in [1.29, 1.82) is 0 Å². The van der Waals surface area contributed by atoms with Crippen molar-refractivity contribution in [3.63, 3.8) is 0 Å². The second-order valence-electron chi connectivity index (χ2n) is 5.57. The zero-order chi connectivity index (χ0) is 16.9. The van der Waals surface area contributed by atoms with E-state index < -0.39 is 0 Å². The van der Waals surface area contributed by atoms with E-state index in [1.54, 1.807) is 25.3 Å². The summed E-state index contributed by atoms with van der Waals surface area (Å²) in [6.07, 6.45) is 2.83. The molecule has 3 rings (SSSR count). The van der Waals surface area contributed by atoms with Gasteiger partial charge in [-0.05, 0) is 48.4 Å². The zero-order valence-corrected chi connectivity index (χ0v) is 13.9. The molecule has 124 valence electrons. The van der Waals surface area contributed by atoms with Crippen LogP contribution in [-0.2, 0) is 0 Å². The lowest BCUT2D eigenvalue weighted by Crippen LogP contribution is -2.19. The fraction of sp³-hybridized carbons (Fsp3) is 0.250. The fourth-order valence-corrected chi connectivity index (χ4v) is 2.52. The molecule has 2 aromatic rings. The van der Waals surface area contributed by atoms with Crippen LogP contribution in [0.25, 0.3) is 6.08 Å². The van der Waals surface area contributed by atoms with Crippen LogP contribution in [0.2, 0.25) is 0 Å². The van der Waals surface area contributed by atoms with E-state index in [2.05, 4.69) is 6.92 Å². The number of fused-ring (bicyclic) bond motifs is 1. The molecule has 1 aliphatic rings. The number of carbonyl (C=O) groups excluding carboxylic acids is 1. The van der Waals surface area contributed by atoms with Crippen LogP contribution < -0.4 is 14.2 Å². The molecule has 4 nitrogen and oxygen atoms in total. The summed E-state index contributed by atoms with van der Waals surface area (Å²) in [6.45, 7) is 3.04. The number of ether oxygens (including phenoxy) is 3. The van der Waals surface area contributed by atoms with Crippen molar-refractivity contribution in [2.75, 3.05) is 20.3 Å². The molecule has 0 unspecified atom stereocenters. The fourth-order valence-electron chi connectivity index (χ4n) is 2.52. The van der Waals surface area contributed by atoms with Crippen LogP contribution in [-0.4, -0.2) is 26.1 Å². The number of ketones is 1. The van der Waals surface area contributed by atoms with Crippen molar-refractivity contribution in [2.45, 2.75) is 13.3 Å². The number of hydrogen-bond acceptors (Lipinski definition) is 4. The standard InChI is InChI=1S/C20H20O4/c1-3-10-23-16-6-4-14(5-7-16)11-15-13-24-19-9-8-17(22-2)12-18(19)20(15)21/h4-9,11-12H,3,10,13H2,1-2H3. The van der Waals surface area contributed by atoms with Gasteiger partial charge in [-0.2, -0.15) is 0 Å². The summed E-state index contributed by atoms with van der Waals surface area (Å²) in [5, 5.41) is 0. The SMILES string of the molecule is CCCOc1ccc(C=C2COc3ccc(OC)cc3C2=O)cc1. The Morgan fingerprint density at radius 3 is 2.58 bits per heavy atom. The minimum atomic E-state index is -0.0264. The summed E-state index contributed by atoms with van der Waals surface area (Å²) in [5.41, 5.74) is 2.10. The second-order valence-corrected chi connectivity index (χ2v) is 5.57. The summed E-state index contributed by atoms with van der Waals surface area (Å²) in [5.74, 6) is 2.05. The normalized spacial score (nSPS) is 14.9. The maximum Gasteiger partial charge on any atom is 0.196 e. The minimum absolute atomic E-state index is 0.0264. The monoisotopic (exact) mass is 324 g/mol. The molecule has 0 bridgehead atoms. The molecule has 0 N–H and O–H groups in total. The van der Waals surface area contributed by atoms with E-state index in [9.17, 15) is 4.79 Å². The van der Waals surface area contributed by atoms with E-state index in [1.165, 1.54) is 0 Å². The molecule has 0 spiro atoms. The maximum atomic E-state index is 12.7. The first-order valence-electron chi connectivity index (χ1n) is 8.00. The van der Waals surface area contributed by atoms with E-state index in [-0.39, 0.29) is 12.4 Å². The maximum absolute atomic E-state index is 12.7. The smallest absolute Gasteiger partial charge is 0.196 e. The van der Waals surface area contributed by atoms with Gasteiger partial charge in [-0.1, -0.05) is 19.1 Å². The molecule has 4 heteroatoms. The molecule has 0 aromatic heterocycles. The number of carbonyl (C=O) groups is 1. The number of benzene rings is 2. The van der Waals surface area contributed by atoms with Gasteiger partial charge in [0.25, 0.3) is 0 Å². The third-order valence-corrected chi connectivity index (χ3v) is 3.80. The molecule has 0 saturated heterocycles. The molecule has 1 heterocycles. The van der Waals surface area contributed by atoms with Gasteiger partial charge in [0.05, 0.1) is 19.3 Å². The van der Waals surface area contributed by atoms with E-state index in [0.717, 1.165) is 17.7 Å². The predicted molar refractivity (Wildman–Crippen MR) is 93.0 cm³/mol. The van der Waals surface area contributed by atoms with Crippen LogP contribution in [0.3, 0.4) is 0 Å². The van der Waals surface area contributed by atoms with E-state index >= 15 is 0 Å². The Balaban J connectivity index is 1.82. The van der Waals surface area contributed by atoms with Crippen molar-refractivity contribution in [2.24, 2.45) is 0 Å². The lowest BCUT2D eigenvalue weighted by Gasteiger charge is -2.19. The van der Waals surface area contributed by atoms with E-state index in [0.29, 0.717) is 29.2 Å². The predicted octanol–water partition coefficient (Wildman–Crippen LogP) is 4.14. The highest BCUT2D eigenvalue weighted by molar-refractivity contribution is 6.14. The Hall–Kier alpha value is -2.75. The summed E-state index contributed by atoms with van der Waals surface area (Å²) >= 11 is 0. The first-order valence-corrected chi connectivity index (χ1v) is 8.00. The van der Waals surface area contributed by atoms with Gasteiger partial charge in [-0.3, -0.25) is 4.79 Å². The van der Waals surface area contributed by atoms with Crippen molar-refractivity contribution in [3.8, 4) is 17.2 Å². The highest BCUT2D eigenvalue weighted by Crippen LogP contribution is 2.31. The Labute approximate surface area is 141 Å². The van der Waals surface area contributed by atoms with Crippen LogP contribution in [0.1, 0.15) is 29.3 Å². The largest absolute Gasteiger partial charge is 0.497 e. The van der Waals surface area contributed by atoms with E-state index in [1.807, 2.05) is 30.3 Å². The van der Waals surface area contributed by atoms with Crippen LogP contribution >= 0.6 is 0 Å². The Morgan fingerprint density at radius 1 is 1.12 bits per heavy atom. The summed E-state index contributed by atoms with van der Waals surface area (Å²) in [4.78, 5) is 12.7. The van der Waals surface area contributed by atoms with Gasteiger partial charge in [-0.15, -0.1) is 0 Å². The molecule has 2 aromatic carbocycles. The van der Waals surface area contributed by atoms with Crippen LogP contribution in [0.5, 0.6) is 17.2 Å². The third kappa shape index (κ3) is 3.43. The molecule has 0 fully saturated rings. The van der Waals surface area contributed by atoms with Gasteiger partial charge < -0.3 is 14.2 Å². The molecule has 1 aliphatic heterocycles. The van der Waals surface area contributed by atoms with Gasteiger partial charge >= 0.3 is 0 Å². The van der Waals surface area contributed by atoms with Crippen molar-refractivity contribution >= 4 is 11.9 Å². The van der Waals surface area contributed by atoms with Crippen LogP contribution in [0.4, 0.5) is 0 Å². The van der Waals surface area contributed by atoms with Crippen molar-refractivity contribution in [3.05, 3.63) is 59.2 Å². The number of methoxy groups -OCH3 is 1. The zero-order valence-electron chi connectivity index (χ0n) is 13.9. The lowest BCUT2D eigenvalue weighted by molar-refractivity contribution is 0.100. The van der Waals surface area contributed by atoms with Crippen molar-refractivity contribution < 1.29 is 19.0 Å². The molecule has 0 atom stereocenters. The first kappa shape index (κ1) is 16.1. The van der Waals surface area contributed by atoms with Gasteiger partial charge in [0.1, 0.15) is 23.9 Å². The van der Waals surface area contributed by atoms with Crippen LogP contribution in [0, 0.1) is 0 Å². The Kier molecular flexibility index (Phi) is 4.85. The third-order valence-electron chi connectivity index (χ3n) is 3.80. The van der Waals surface area contributed by atoms with Gasteiger partial charge in [-0.25, -0.2) is 0 Å². The quantitative estimate of drug-likeness (QED) is 0.775. The molecular formula is C20H20O4. The summed E-state index contributed by atoms with van der Waals surface area (Å²) < 4.78 is 16.4. The van der Waals surface area contributed by atoms with Gasteiger partial charge in [0.15, 0.2) is 5.78 Å². The van der Waals surface area contributed by atoms with Gasteiger partial charge in [0.2, 0.25) is 0 Å². The lowest BCUT2D eigenvalue weighted by atomic mass is 9.98. The second kappa shape index (κ2) is 7.21. The Bertz CT molecular complexity index is 760. The van der Waals surface area contributed by atoms with Gasteiger partial charge in [0, 0.05) is 5.57 Å². The first-order chi connectivity index (χ1) is 11.7. The average molecular weight is 324 g/mol. The summed E-state index contributed by atoms with van der Waals surface area (Å²) in [7, 11) is 1.58.